The number of aromatic nitrogens is 2. The minimum atomic E-state index is -3.94. The summed E-state index contributed by atoms with van der Waals surface area (Å²) in [6, 6.07) is 7.98. The Morgan fingerprint density at radius 1 is 1.24 bits per heavy atom. The molecular weight excluding hydrogens is 539 g/mol. The van der Waals surface area contributed by atoms with E-state index in [-0.39, 0.29) is 10.9 Å². The molecule has 11 heteroatoms. The lowest BCUT2D eigenvalue weighted by molar-refractivity contribution is 0.568. The Morgan fingerprint density at radius 2 is 1.95 bits per heavy atom. The fraction of sp³-hybridized carbons (Fsp3) is 0.222. The van der Waals surface area contributed by atoms with Crippen LogP contribution in [0.5, 0.6) is 0 Å². The van der Waals surface area contributed by atoms with Crippen LogP contribution >= 0.6 is 11.6 Å². The number of nitrogens with zero attached hydrogens (tertiary/aromatic N) is 3. The minimum absolute atomic E-state index is 0.139. The highest BCUT2D eigenvalue weighted by Gasteiger charge is 2.23. The maximum Gasteiger partial charge on any atom is 0.273 e. The van der Waals surface area contributed by atoms with Gasteiger partial charge in [-0.15, -0.1) is 0 Å². The van der Waals surface area contributed by atoms with Crippen LogP contribution < -0.4 is 5.56 Å². The van der Waals surface area contributed by atoms with E-state index >= 15 is 8.78 Å². The highest BCUT2D eigenvalue weighted by Crippen LogP contribution is 2.27. The van der Waals surface area contributed by atoms with Crippen LogP contribution in [0.25, 0.3) is 6.20 Å². The predicted molar refractivity (Wildman–Crippen MR) is 143 cm³/mol. The molecule has 1 unspecified atom stereocenters. The lowest BCUT2D eigenvalue weighted by Crippen LogP contribution is -2.22. The van der Waals surface area contributed by atoms with Crippen molar-refractivity contribution in [1.29, 1.82) is 0 Å². The van der Waals surface area contributed by atoms with Crippen molar-refractivity contribution in [2.75, 3.05) is 6.26 Å². The molecule has 0 aliphatic carbocycles. The van der Waals surface area contributed by atoms with Gasteiger partial charge in [-0.25, -0.2) is 22.2 Å². The summed E-state index contributed by atoms with van der Waals surface area (Å²) < 4.78 is 68.7. The van der Waals surface area contributed by atoms with Gasteiger partial charge in [-0.05, 0) is 61.6 Å². The topological polar surface area (TPSA) is 81.4 Å². The quantitative estimate of drug-likeness (QED) is 0.248. The Hall–Kier alpha value is -3.50. The first kappa shape index (κ1) is 29.1. The van der Waals surface area contributed by atoms with Gasteiger partial charge in [-0.2, -0.15) is 4.39 Å². The van der Waals surface area contributed by atoms with E-state index in [9.17, 15) is 17.6 Å². The van der Waals surface area contributed by atoms with E-state index in [2.05, 4.69) is 9.98 Å². The number of hydrogen-bond acceptors (Lipinski definition) is 5. The minimum Gasteiger partial charge on any atom is -0.284 e. The third-order valence-corrected chi connectivity index (χ3v) is 7.20. The van der Waals surface area contributed by atoms with Gasteiger partial charge in [0.1, 0.15) is 15.6 Å². The number of rotatable bonds is 8. The van der Waals surface area contributed by atoms with E-state index in [1.54, 1.807) is 26.0 Å². The molecule has 0 N–H and O–H groups in total. The Balaban J connectivity index is 2.08. The number of aliphatic imine (C=N–C) groups is 1. The number of pyridine rings is 2. The number of benzene rings is 1. The maximum absolute atomic E-state index is 15.6. The van der Waals surface area contributed by atoms with Crippen LogP contribution in [0.2, 0.25) is 5.02 Å². The molecule has 0 aliphatic heterocycles. The number of aryl methyl sites for hydroxylation is 1. The summed E-state index contributed by atoms with van der Waals surface area (Å²) in [5.41, 5.74) is -0.0188. The van der Waals surface area contributed by atoms with Gasteiger partial charge in [0, 0.05) is 29.9 Å². The molecule has 38 heavy (non-hydrogen) atoms. The zero-order valence-electron chi connectivity index (χ0n) is 21.0. The van der Waals surface area contributed by atoms with E-state index in [0.29, 0.717) is 17.7 Å². The van der Waals surface area contributed by atoms with Gasteiger partial charge < -0.3 is 0 Å². The summed E-state index contributed by atoms with van der Waals surface area (Å²) in [5, 5.41) is -0.139. The van der Waals surface area contributed by atoms with Crippen LogP contribution in [0, 0.1) is 18.7 Å². The summed E-state index contributed by atoms with van der Waals surface area (Å²) in [4.78, 5) is 20.1. The molecule has 2 aromatic heterocycles. The monoisotopic (exact) mass is 563 g/mol. The molecule has 0 bridgehead atoms. The van der Waals surface area contributed by atoms with Crippen molar-refractivity contribution in [3.8, 4) is 0 Å². The normalized spacial score (nSPS) is 13.8. The van der Waals surface area contributed by atoms with Gasteiger partial charge in [-0.1, -0.05) is 36.7 Å². The first-order valence-electron chi connectivity index (χ1n) is 11.4. The lowest BCUT2D eigenvalue weighted by Gasteiger charge is -2.16. The summed E-state index contributed by atoms with van der Waals surface area (Å²) in [6.45, 7) is 5.02. The summed E-state index contributed by atoms with van der Waals surface area (Å²) in [5.74, 6) is -3.10. The first-order valence-corrected chi connectivity index (χ1v) is 13.7. The standard InChI is InChI=1S/C27H25ClF3N3O3S/c1-5-11-32-26(19-7-6-8-22(25(19)31)38(4,36)37)21(29)15-34-17(3)13-20(24(28)27(34)35)16(2)12-18-9-10-23(30)33-14-18/h5-11,13-16H,12H2,1-4H3/b11-5+,21-15-,32-26+. The van der Waals surface area contributed by atoms with E-state index in [1.807, 2.05) is 6.92 Å². The average Bonchev–Trinajstić information content (AvgIpc) is 2.85. The largest absolute Gasteiger partial charge is 0.284 e. The second-order valence-electron chi connectivity index (χ2n) is 8.65. The zero-order chi connectivity index (χ0) is 28.2. The van der Waals surface area contributed by atoms with Crippen molar-refractivity contribution in [2.45, 2.75) is 38.0 Å². The Labute approximate surface area is 223 Å². The fourth-order valence-corrected chi connectivity index (χ4v) is 4.91. The summed E-state index contributed by atoms with van der Waals surface area (Å²) >= 11 is 6.39. The zero-order valence-corrected chi connectivity index (χ0v) is 22.6. The molecule has 1 atom stereocenters. The van der Waals surface area contributed by atoms with Crippen LogP contribution in [0.4, 0.5) is 13.2 Å². The van der Waals surface area contributed by atoms with Crippen molar-refractivity contribution < 1.29 is 21.6 Å². The molecule has 0 saturated heterocycles. The van der Waals surface area contributed by atoms with Gasteiger partial charge >= 0.3 is 0 Å². The Morgan fingerprint density at radius 3 is 2.55 bits per heavy atom. The fourth-order valence-electron chi connectivity index (χ4n) is 3.82. The first-order chi connectivity index (χ1) is 17.8. The summed E-state index contributed by atoms with van der Waals surface area (Å²) in [7, 11) is -3.94. The predicted octanol–water partition coefficient (Wildman–Crippen LogP) is 6.02. The SMILES string of the molecule is C/C=C/N=C(/C(F)=C/n1c(C)cc(C(C)Cc2ccc(F)nc2)c(Cl)c1=O)c1cccc(S(C)(=O)=O)c1F. The van der Waals surface area contributed by atoms with E-state index < -0.39 is 49.2 Å². The third-order valence-electron chi connectivity index (χ3n) is 5.71. The molecule has 1 aromatic carbocycles. The molecule has 200 valence electrons. The number of allylic oxidation sites excluding steroid dienone is 2. The van der Waals surface area contributed by atoms with Gasteiger partial charge in [0.15, 0.2) is 21.5 Å². The molecule has 0 aliphatic rings. The number of hydrogen-bond donors (Lipinski definition) is 0. The van der Waals surface area contributed by atoms with Crippen LogP contribution in [0.1, 0.15) is 42.1 Å². The second kappa shape index (κ2) is 11.9. The van der Waals surface area contributed by atoms with Gasteiger partial charge in [0.25, 0.3) is 5.56 Å². The number of halogens is 4. The highest BCUT2D eigenvalue weighted by atomic mass is 35.5. The molecule has 6 nitrogen and oxygen atoms in total. The van der Waals surface area contributed by atoms with E-state index in [4.69, 9.17) is 11.6 Å². The average molecular weight is 564 g/mol. The molecule has 3 aromatic rings. The van der Waals surface area contributed by atoms with Crippen molar-refractivity contribution in [3.63, 3.8) is 0 Å². The molecule has 2 heterocycles. The molecule has 0 spiro atoms. The van der Waals surface area contributed by atoms with E-state index in [1.165, 1.54) is 36.7 Å². The highest BCUT2D eigenvalue weighted by molar-refractivity contribution is 7.90. The van der Waals surface area contributed by atoms with Crippen molar-refractivity contribution in [3.05, 3.63) is 110 Å². The van der Waals surface area contributed by atoms with Crippen LogP contribution in [-0.2, 0) is 16.3 Å². The third kappa shape index (κ3) is 6.49. The molecule has 0 saturated carbocycles. The second-order valence-corrected chi connectivity index (χ2v) is 11.0. The molecule has 3 rings (SSSR count). The van der Waals surface area contributed by atoms with Gasteiger partial charge in [0.05, 0.1) is 6.20 Å². The molecule has 0 amide bonds. The van der Waals surface area contributed by atoms with Crippen LogP contribution in [0.3, 0.4) is 0 Å². The molecular formula is C27H25ClF3N3O3S. The Bertz CT molecular complexity index is 1610. The van der Waals surface area contributed by atoms with Crippen molar-refractivity contribution in [2.24, 2.45) is 4.99 Å². The Kier molecular flexibility index (Phi) is 9.11. The summed E-state index contributed by atoms with van der Waals surface area (Å²) in [6.07, 6.45) is 6.19. The van der Waals surface area contributed by atoms with Crippen molar-refractivity contribution >= 4 is 33.3 Å². The smallest absolute Gasteiger partial charge is 0.273 e. The lowest BCUT2D eigenvalue weighted by atomic mass is 9.94. The molecule has 0 radical (unpaired) electrons. The number of sulfone groups is 1. The molecule has 0 fully saturated rings. The van der Waals surface area contributed by atoms with Crippen LogP contribution in [-0.4, -0.2) is 29.9 Å². The van der Waals surface area contributed by atoms with Crippen molar-refractivity contribution in [1.82, 2.24) is 9.55 Å². The van der Waals surface area contributed by atoms with Gasteiger partial charge in [0.2, 0.25) is 5.95 Å². The van der Waals surface area contributed by atoms with E-state index in [0.717, 1.165) is 28.7 Å². The van der Waals surface area contributed by atoms with Crippen LogP contribution in [0.15, 0.2) is 75.4 Å². The maximum atomic E-state index is 15.6. The van der Waals surface area contributed by atoms with Gasteiger partial charge in [-0.3, -0.25) is 14.4 Å².